The van der Waals surface area contributed by atoms with Crippen LogP contribution in [0.5, 0.6) is 0 Å². The Kier molecular flexibility index (Phi) is 2.78. The number of hydrogen-bond acceptors (Lipinski definition) is 2. The molecule has 0 aromatic carbocycles. The Hall–Kier alpha value is -0.380. The van der Waals surface area contributed by atoms with Crippen molar-refractivity contribution in [1.29, 1.82) is 0 Å². The molecule has 0 radical (unpaired) electrons. The first-order valence-corrected chi connectivity index (χ1v) is 6.66. The van der Waals surface area contributed by atoms with Gasteiger partial charge in [-0.2, -0.15) is 0 Å². The fraction of sp³-hybridized carbons (Fsp3) is 0.417. The molecule has 1 N–H and O–H groups in total. The van der Waals surface area contributed by atoms with E-state index in [-0.39, 0.29) is 0 Å². The van der Waals surface area contributed by atoms with Gasteiger partial charge < -0.3 is 5.32 Å². The van der Waals surface area contributed by atoms with Crippen molar-refractivity contribution in [2.24, 2.45) is 5.92 Å². The van der Waals surface area contributed by atoms with Crippen molar-refractivity contribution in [1.82, 2.24) is 10.3 Å². The van der Waals surface area contributed by atoms with Gasteiger partial charge in [0.25, 0.3) is 0 Å². The zero-order valence-corrected chi connectivity index (χ0v) is 11.1. The first-order valence-electron chi connectivity index (χ1n) is 5.49. The molecular formula is C12H12BrClN2. The Bertz CT molecular complexity index is 458. The zero-order chi connectivity index (χ0) is 11.1. The Morgan fingerprint density at radius 2 is 2.38 bits per heavy atom. The molecule has 0 spiro atoms. The summed E-state index contributed by atoms with van der Waals surface area (Å²) in [6.07, 6.45) is 6.63. The van der Waals surface area contributed by atoms with E-state index in [1.54, 1.807) is 0 Å². The van der Waals surface area contributed by atoms with Crippen molar-refractivity contribution in [2.45, 2.75) is 18.9 Å². The maximum absolute atomic E-state index is 6.06. The summed E-state index contributed by atoms with van der Waals surface area (Å²) in [4.78, 5) is 4.24. The number of rotatable bonds is 1. The highest BCUT2D eigenvalue weighted by molar-refractivity contribution is 9.10. The summed E-state index contributed by atoms with van der Waals surface area (Å²) >= 11 is 9.37. The average Bonchev–Trinajstić information content (AvgIpc) is 2.81. The molecule has 1 aliphatic heterocycles. The van der Waals surface area contributed by atoms with Crippen LogP contribution in [0.25, 0.3) is 5.57 Å². The van der Waals surface area contributed by atoms with Crippen molar-refractivity contribution in [3.05, 3.63) is 33.5 Å². The maximum Gasteiger partial charge on any atom is 0.124 e. The van der Waals surface area contributed by atoms with E-state index in [4.69, 9.17) is 11.6 Å². The summed E-state index contributed by atoms with van der Waals surface area (Å²) in [5.41, 5.74) is 2.54. The summed E-state index contributed by atoms with van der Waals surface area (Å²) < 4.78 is 0.717. The fourth-order valence-electron chi connectivity index (χ4n) is 2.59. The molecule has 84 valence electrons. The van der Waals surface area contributed by atoms with Crippen molar-refractivity contribution in [3.63, 3.8) is 0 Å². The Labute approximate surface area is 108 Å². The first kappa shape index (κ1) is 10.8. The van der Waals surface area contributed by atoms with Crippen molar-refractivity contribution in [3.8, 4) is 0 Å². The maximum atomic E-state index is 6.06. The molecular weight excluding hydrogens is 288 g/mol. The van der Waals surface area contributed by atoms with Gasteiger partial charge in [0.05, 0.1) is 5.02 Å². The van der Waals surface area contributed by atoms with Gasteiger partial charge in [-0.25, -0.2) is 4.98 Å². The van der Waals surface area contributed by atoms with Gasteiger partial charge in [0.1, 0.15) is 4.60 Å². The lowest BCUT2D eigenvalue weighted by atomic mass is 10.1. The number of fused-ring (bicyclic) bond motifs is 1. The lowest BCUT2D eigenvalue weighted by molar-refractivity contribution is 0.563. The summed E-state index contributed by atoms with van der Waals surface area (Å²) in [7, 11) is 0. The second-order valence-electron chi connectivity index (χ2n) is 4.41. The molecule has 16 heavy (non-hydrogen) atoms. The third kappa shape index (κ3) is 1.81. The SMILES string of the molecule is Clc1cc(C2=C[C@H]3CCN[C@H]3C2)cnc1Br. The summed E-state index contributed by atoms with van der Waals surface area (Å²) in [5.74, 6) is 0.706. The monoisotopic (exact) mass is 298 g/mol. The molecule has 1 saturated heterocycles. The highest BCUT2D eigenvalue weighted by atomic mass is 79.9. The number of nitrogens with zero attached hydrogens (tertiary/aromatic N) is 1. The van der Waals surface area contributed by atoms with Crippen LogP contribution in [0.2, 0.25) is 5.02 Å². The molecule has 1 aliphatic carbocycles. The van der Waals surface area contributed by atoms with Crippen LogP contribution in [0.15, 0.2) is 22.9 Å². The third-order valence-corrected chi connectivity index (χ3v) is 4.57. The number of nitrogens with one attached hydrogen (secondary N) is 1. The Morgan fingerprint density at radius 1 is 1.50 bits per heavy atom. The summed E-state index contributed by atoms with van der Waals surface area (Å²) in [6.45, 7) is 1.15. The lowest BCUT2D eigenvalue weighted by Gasteiger charge is -2.08. The highest BCUT2D eigenvalue weighted by Crippen LogP contribution is 2.37. The standard InChI is InChI=1S/C12H12BrClN2/c13-12-10(14)4-9(6-16-12)8-3-7-1-2-15-11(7)5-8/h3-4,6-7,11,15H,1-2,5H2/t7-,11+/m1/s1. The van der Waals surface area contributed by atoms with E-state index < -0.39 is 0 Å². The molecule has 1 aromatic heterocycles. The third-order valence-electron chi connectivity index (χ3n) is 3.42. The number of pyridine rings is 1. The van der Waals surface area contributed by atoms with Crippen LogP contribution in [-0.2, 0) is 0 Å². The number of hydrogen-bond donors (Lipinski definition) is 1. The topological polar surface area (TPSA) is 24.9 Å². The van der Waals surface area contributed by atoms with Gasteiger partial charge in [0.15, 0.2) is 0 Å². The quantitative estimate of drug-likeness (QED) is 0.805. The first-order chi connectivity index (χ1) is 7.74. The molecule has 2 nitrogen and oxygen atoms in total. The molecule has 3 rings (SSSR count). The minimum absolute atomic E-state index is 0.637. The van der Waals surface area contributed by atoms with Crippen molar-refractivity contribution in [2.75, 3.05) is 6.54 Å². The minimum Gasteiger partial charge on any atom is -0.313 e. The van der Waals surface area contributed by atoms with E-state index in [9.17, 15) is 0 Å². The molecule has 2 atom stereocenters. The molecule has 0 bridgehead atoms. The molecule has 2 aliphatic rings. The second-order valence-corrected chi connectivity index (χ2v) is 5.56. The van der Waals surface area contributed by atoms with Crippen LogP contribution in [0.3, 0.4) is 0 Å². The van der Waals surface area contributed by atoms with E-state index in [1.807, 2.05) is 12.3 Å². The predicted octanol–water partition coefficient (Wildman–Crippen LogP) is 3.26. The number of aromatic nitrogens is 1. The molecule has 4 heteroatoms. The smallest absolute Gasteiger partial charge is 0.124 e. The van der Waals surface area contributed by atoms with Crippen LogP contribution in [0.1, 0.15) is 18.4 Å². The lowest BCUT2D eigenvalue weighted by Crippen LogP contribution is -2.22. The van der Waals surface area contributed by atoms with Gasteiger partial charge in [0, 0.05) is 12.2 Å². The van der Waals surface area contributed by atoms with Crippen LogP contribution < -0.4 is 5.32 Å². The summed E-state index contributed by atoms with van der Waals surface area (Å²) in [6, 6.07) is 2.63. The molecule has 1 aromatic rings. The van der Waals surface area contributed by atoms with Crippen molar-refractivity contribution >= 4 is 33.1 Å². The van der Waals surface area contributed by atoms with Crippen molar-refractivity contribution < 1.29 is 0 Å². The molecule has 0 amide bonds. The largest absolute Gasteiger partial charge is 0.313 e. The van der Waals surface area contributed by atoms with Gasteiger partial charge >= 0.3 is 0 Å². The normalized spacial score (nSPS) is 28.0. The molecule has 0 saturated carbocycles. The second kappa shape index (κ2) is 4.13. The van der Waals surface area contributed by atoms with E-state index in [1.165, 1.54) is 12.0 Å². The van der Waals surface area contributed by atoms with E-state index in [2.05, 4.69) is 32.3 Å². The zero-order valence-electron chi connectivity index (χ0n) is 8.71. The van der Waals surface area contributed by atoms with E-state index >= 15 is 0 Å². The Morgan fingerprint density at radius 3 is 3.12 bits per heavy atom. The van der Waals surface area contributed by atoms with Crippen LogP contribution in [0.4, 0.5) is 0 Å². The Balaban J connectivity index is 1.90. The van der Waals surface area contributed by atoms with Gasteiger partial charge in [-0.05, 0) is 58.4 Å². The predicted molar refractivity (Wildman–Crippen MR) is 69.4 cm³/mol. The molecule has 0 unspecified atom stereocenters. The summed E-state index contributed by atoms with van der Waals surface area (Å²) in [5, 5.41) is 4.21. The molecule has 1 fully saturated rings. The van der Waals surface area contributed by atoms with Crippen LogP contribution in [-0.4, -0.2) is 17.6 Å². The minimum atomic E-state index is 0.637. The highest BCUT2D eigenvalue weighted by Gasteiger charge is 2.31. The van der Waals surface area contributed by atoms with E-state index in [0.717, 1.165) is 23.1 Å². The van der Waals surface area contributed by atoms with Crippen LogP contribution >= 0.6 is 27.5 Å². The van der Waals surface area contributed by atoms with E-state index in [0.29, 0.717) is 17.0 Å². The van der Waals surface area contributed by atoms with Gasteiger partial charge in [-0.3, -0.25) is 0 Å². The fourth-order valence-corrected chi connectivity index (χ4v) is 2.97. The van der Waals surface area contributed by atoms with Gasteiger partial charge in [0.2, 0.25) is 0 Å². The molecule has 2 heterocycles. The number of halogens is 2. The van der Waals surface area contributed by atoms with Gasteiger partial charge in [-0.1, -0.05) is 17.7 Å². The van der Waals surface area contributed by atoms with Gasteiger partial charge in [-0.15, -0.1) is 0 Å². The average molecular weight is 300 g/mol. The van der Waals surface area contributed by atoms with Crippen LogP contribution in [0, 0.1) is 5.92 Å².